The standard InChI is InChI=1S/C22H19N3O4/c1-15(26)23-16-8-7-9-17(14-16)24-21(27)22(28)25-19-12-5-6-13-20(19)29-18-10-3-2-4-11-18/h2-14H,1H3,(H,23,26)(H,24,27)(H,25,28). The van der Waals surface area contributed by atoms with Crippen molar-refractivity contribution in [3.05, 3.63) is 78.9 Å². The fourth-order valence-electron chi connectivity index (χ4n) is 2.52. The molecule has 29 heavy (non-hydrogen) atoms. The summed E-state index contributed by atoms with van der Waals surface area (Å²) in [6.07, 6.45) is 0. The molecule has 7 heteroatoms. The van der Waals surface area contributed by atoms with Crippen LogP contribution in [-0.4, -0.2) is 17.7 Å². The monoisotopic (exact) mass is 389 g/mol. The summed E-state index contributed by atoms with van der Waals surface area (Å²) in [4.78, 5) is 35.8. The summed E-state index contributed by atoms with van der Waals surface area (Å²) >= 11 is 0. The fourth-order valence-corrected chi connectivity index (χ4v) is 2.52. The Balaban J connectivity index is 1.67. The molecule has 0 aliphatic heterocycles. The molecule has 3 amide bonds. The summed E-state index contributed by atoms with van der Waals surface area (Å²) in [6, 6.07) is 22.4. The maximum atomic E-state index is 12.3. The van der Waals surface area contributed by atoms with Gasteiger partial charge in [-0.1, -0.05) is 36.4 Å². The van der Waals surface area contributed by atoms with Gasteiger partial charge in [0.15, 0.2) is 5.75 Å². The number of hydrogen-bond donors (Lipinski definition) is 3. The van der Waals surface area contributed by atoms with Gasteiger partial charge < -0.3 is 20.7 Å². The normalized spacial score (nSPS) is 9.97. The van der Waals surface area contributed by atoms with Gasteiger partial charge in [-0.05, 0) is 42.5 Å². The van der Waals surface area contributed by atoms with E-state index in [0.29, 0.717) is 28.6 Å². The van der Waals surface area contributed by atoms with Crippen molar-refractivity contribution in [2.24, 2.45) is 0 Å². The van der Waals surface area contributed by atoms with Crippen molar-refractivity contribution in [2.75, 3.05) is 16.0 Å². The molecule has 0 bridgehead atoms. The molecule has 0 radical (unpaired) electrons. The Hall–Kier alpha value is -4.13. The van der Waals surface area contributed by atoms with Gasteiger partial charge >= 0.3 is 11.8 Å². The van der Waals surface area contributed by atoms with E-state index in [-0.39, 0.29) is 5.91 Å². The van der Waals surface area contributed by atoms with Crippen LogP contribution in [0.2, 0.25) is 0 Å². The molecular weight excluding hydrogens is 370 g/mol. The van der Waals surface area contributed by atoms with Crippen LogP contribution in [0.3, 0.4) is 0 Å². The molecular formula is C22H19N3O4. The first kappa shape index (κ1) is 19.6. The highest BCUT2D eigenvalue weighted by Crippen LogP contribution is 2.29. The molecule has 3 aromatic rings. The zero-order valence-corrected chi connectivity index (χ0v) is 15.6. The molecule has 7 nitrogen and oxygen atoms in total. The van der Waals surface area contributed by atoms with Crippen LogP contribution in [0.1, 0.15) is 6.92 Å². The lowest BCUT2D eigenvalue weighted by Gasteiger charge is -2.12. The number of para-hydroxylation sites is 3. The van der Waals surface area contributed by atoms with Crippen LogP contribution < -0.4 is 20.7 Å². The summed E-state index contributed by atoms with van der Waals surface area (Å²) in [5.41, 5.74) is 1.26. The van der Waals surface area contributed by atoms with Gasteiger partial charge in [-0.3, -0.25) is 14.4 Å². The maximum absolute atomic E-state index is 12.3. The third kappa shape index (κ3) is 5.67. The van der Waals surface area contributed by atoms with Crippen molar-refractivity contribution < 1.29 is 19.1 Å². The number of amides is 3. The van der Waals surface area contributed by atoms with Gasteiger partial charge in [-0.25, -0.2) is 0 Å². The first-order chi connectivity index (χ1) is 14.0. The maximum Gasteiger partial charge on any atom is 0.314 e. The van der Waals surface area contributed by atoms with Crippen LogP contribution in [0, 0.1) is 0 Å². The Labute approximate surface area is 167 Å². The first-order valence-electron chi connectivity index (χ1n) is 8.83. The van der Waals surface area contributed by atoms with Crippen molar-refractivity contribution in [3.63, 3.8) is 0 Å². The summed E-state index contributed by atoms with van der Waals surface area (Å²) in [6.45, 7) is 1.38. The topological polar surface area (TPSA) is 96.5 Å². The first-order valence-corrected chi connectivity index (χ1v) is 8.83. The Morgan fingerprint density at radius 2 is 1.31 bits per heavy atom. The molecule has 3 N–H and O–H groups in total. The molecule has 0 saturated carbocycles. The highest BCUT2D eigenvalue weighted by molar-refractivity contribution is 6.43. The fraction of sp³-hybridized carbons (Fsp3) is 0.0455. The number of nitrogens with one attached hydrogen (secondary N) is 3. The average Bonchev–Trinajstić information content (AvgIpc) is 2.70. The summed E-state index contributed by atoms with van der Waals surface area (Å²) in [5, 5.41) is 7.66. The lowest BCUT2D eigenvalue weighted by molar-refractivity contribution is -0.133. The lowest BCUT2D eigenvalue weighted by Crippen LogP contribution is -2.29. The third-order valence-corrected chi connectivity index (χ3v) is 3.75. The molecule has 3 aromatic carbocycles. The quantitative estimate of drug-likeness (QED) is 0.574. The zero-order valence-electron chi connectivity index (χ0n) is 15.6. The number of hydrogen-bond acceptors (Lipinski definition) is 4. The van der Waals surface area contributed by atoms with Crippen LogP contribution in [-0.2, 0) is 14.4 Å². The van der Waals surface area contributed by atoms with Crippen LogP contribution >= 0.6 is 0 Å². The highest BCUT2D eigenvalue weighted by Gasteiger charge is 2.16. The van der Waals surface area contributed by atoms with Gasteiger partial charge in [-0.15, -0.1) is 0 Å². The molecule has 0 atom stereocenters. The highest BCUT2D eigenvalue weighted by atomic mass is 16.5. The van der Waals surface area contributed by atoms with Crippen LogP contribution in [0.5, 0.6) is 11.5 Å². The molecule has 0 aliphatic carbocycles. The van der Waals surface area contributed by atoms with E-state index >= 15 is 0 Å². The van der Waals surface area contributed by atoms with Crippen molar-refractivity contribution in [1.29, 1.82) is 0 Å². The predicted octanol–water partition coefficient (Wildman–Crippen LogP) is 4.01. The molecule has 0 fully saturated rings. The summed E-state index contributed by atoms with van der Waals surface area (Å²) in [7, 11) is 0. The van der Waals surface area contributed by atoms with E-state index in [9.17, 15) is 14.4 Å². The molecule has 0 aromatic heterocycles. The van der Waals surface area contributed by atoms with Gasteiger partial charge in [-0.2, -0.15) is 0 Å². The largest absolute Gasteiger partial charge is 0.455 e. The van der Waals surface area contributed by atoms with Crippen molar-refractivity contribution in [3.8, 4) is 11.5 Å². The van der Waals surface area contributed by atoms with E-state index in [4.69, 9.17) is 4.74 Å². The number of carbonyl (C=O) groups is 3. The smallest absolute Gasteiger partial charge is 0.314 e. The van der Waals surface area contributed by atoms with Crippen molar-refractivity contribution in [1.82, 2.24) is 0 Å². The molecule has 146 valence electrons. The molecule has 0 aliphatic rings. The van der Waals surface area contributed by atoms with E-state index in [2.05, 4.69) is 16.0 Å². The van der Waals surface area contributed by atoms with E-state index in [1.165, 1.54) is 6.92 Å². The number of rotatable bonds is 5. The zero-order chi connectivity index (χ0) is 20.6. The van der Waals surface area contributed by atoms with Gasteiger partial charge in [0.2, 0.25) is 5.91 Å². The van der Waals surface area contributed by atoms with Crippen LogP contribution in [0.15, 0.2) is 78.9 Å². The molecule has 0 heterocycles. The minimum Gasteiger partial charge on any atom is -0.455 e. The molecule has 0 saturated heterocycles. The SMILES string of the molecule is CC(=O)Nc1cccc(NC(=O)C(=O)Nc2ccccc2Oc2ccccc2)c1. The molecule has 0 spiro atoms. The molecule has 0 unspecified atom stereocenters. The Morgan fingerprint density at radius 1 is 0.690 bits per heavy atom. The third-order valence-electron chi connectivity index (χ3n) is 3.75. The molecule has 3 rings (SSSR count). The second-order valence-corrected chi connectivity index (χ2v) is 6.08. The number of ether oxygens (including phenoxy) is 1. The van der Waals surface area contributed by atoms with Crippen molar-refractivity contribution in [2.45, 2.75) is 6.92 Å². The van der Waals surface area contributed by atoms with Gasteiger partial charge in [0.25, 0.3) is 0 Å². The van der Waals surface area contributed by atoms with Gasteiger partial charge in [0.05, 0.1) is 5.69 Å². The Morgan fingerprint density at radius 3 is 2.03 bits per heavy atom. The van der Waals surface area contributed by atoms with E-state index in [1.807, 2.05) is 18.2 Å². The van der Waals surface area contributed by atoms with Gasteiger partial charge in [0.1, 0.15) is 5.75 Å². The van der Waals surface area contributed by atoms with Gasteiger partial charge in [0, 0.05) is 18.3 Å². The van der Waals surface area contributed by atoms with E-state index < -0.39 is 11.8 Å². The summed E-state index contributed by atoms with van der Waals surface area (Å²) < 4.78 is 5.77. The van der Waals surface area contributed by atoms with Crippen molar-refractivity contribution >= 4 is 34.8 Å². The van der Waals surface area contributed by atoms with Crippen LogP contribution in [0.25, 0.3) is 0 Å². The summed E-state index contributed by atoms with van der Waals surface area (Å²) in [5.74, 6) is -0.916. The predicted molar refractivity (Wildman–Crippen MR) is 111 cm³/mol. The van der Waals surface area contributed by atoms with Crippen LogP contribution in [0.4, 0.5) is 17.1 Å². The minimum absolute atomic E-state index is 0.235. The second-order valence-electron chi connectivity index (χ2n) is 6.08. The number of benzene rings is 3. The minimum atomic E-state index is -0.848. The Kier molecular flexibility index (Phi) is 6.22. The average molecular weight is 389 g/mol. The second kappa shape index (κ2) is 9.18. The van der Waals surface area contributed by atoms with E-state index in [1.54, 1.807) is 60.7 Å². The van der Waals surface area contributed by atoms with E-state index in [0.717, 1.165) is 0 Å². The lowest BCUT2D eigenvalue weighted by atomic mass is 10.2. The number of carbonyl (C=O) groups excluding carboxylic acids is 3. The Bertz CT molecular complexity index is 1030. The number of anilines is 3.